The van der Waals surface area contributed by atoms with Crippen molar-refractivity contribution in [3.05, 3.63) is 12.0 Å². The summed E-state index contributed by atoms with van der Waals surface area (Å²) in [6.45, 7) is 0. The average molecular weight is 85.1 g/mol. The minimum absolute atomic E-state index is 0.352. The maximum absolute atomic E-state index is 11.6. The molecule has 1 aliphatic heterocycles. The predicted molar refractivity (Wildman–Crippen MR) is 22.3 cm³/mol. The molecular weight excluding hydrogens is 81.0 g/mol. The van der Waals surface area contributed by atoms with Crippen LogP contribution in [0.5, 0.6) is 0 Å². The van der Waals surface area contributed by atoms with E-state index >= 15 is 0 Å². The quantitative estimate of drug-likeness (QED) is 0.393. The highest BCUT2D eigenvalue weighted by molar-refractivity contribution is 5.63. The third kappa shape index (κ3) is 0.455. The van der Waals surface area contributed by atoms with Crippen molar-refractivity contribution in [1.29, 1.82) is 0 Å². The summed E-state index contributed by atoms with van der Waals surface area (Å²) in [5.74, 6) is -0.352. The Labute approximate surface area is 35.2 Å². The Balaban J connectivity index is 2.68. The summed E-state index contributed by atoms with van der Waals surface area (Å²) >= 11 is 0. The second-order valence-corrected chi connectivity index (χ2v) is 1.07. The van der Waals surface area contributed by atoms with Gasteiger partial charge in [-0.2, -0.15) is 4.39 Å². The largest absolute Gasteiger partial charge is 0.233 e. The molecule has 0 aromatic carbocycles. The van der Waals surface area contributed by atoms with Gasteiger partial charge in [0.05, 0.1) is 0 Å². The molecule has 0 aromatic heterocycles. The van der Waals surface area contributed by atoms with Crippen LogP contribution in [0.25, 0.3) is 0 Å². The van der Waals surface area contributed by atoms with Crippen LogP contribution >= 0.6 is 0 Å². The van der Waals surface area contributed by atoms with Gasteiger partial charge in [0.25, 0.3) is 0 Å². The molecule has 0 aliphatic carbocycles. The molecule has 0 saturated carbocycles. The lowest BCUT2D eigenvalue weighted by Crippen LogP contribution is -1.52. The topological polar surface area (TPSA) is 12.4 Å². The SMILES string of the molecule is FC1=CCC=N1. The summed E-state index contributed by atoms with van der Waals surface area (Å²) in [5.41, 5.74) is 0. The van der Waals surface area contributed by atoms with Crippen LogP contribution in [0.1, 0.15) is 6.42 Å². The van der Waals surface area contributed by atoms with Crippen molar-refractivity contribution in [2.75, 3.05) is 0 Å². The van der Waals surface area contributed by atoms with Gasteiger partial charge in [-0.25, -0.2) is 4.99 Å². The first-order valence-electron chi connectivity index (χ1n) is 1.78. The van der Waals surface area contributed by atoms with Crippen molar-refractivity contribution < 1.29 is 4.39 Å². The molecule has 32 valence electrons. The van der Waals surface area contributed by atoms with Gasteiger partial charge in [0.1, 0.15) is 0 Å². The summed E-state index contributed by atoms with van der Waals surface area (Å²) in [6.07, 6.45) is 3.63. The van der Waals surface area contributed by atoms with Gasteiger partial charge in [-0.15, -0.1) is 0 Å². The van der Waals surface area contributed by atoms with Crippen LogP contribution in [0.2, 0.25) is 0 Å². The monoisotopic (exact) mass is 85.0 g/mol. The molecule has 0 N–H and O–H groups in total. The van der Waals surface area contributed by atoms with Gasteiger partial charge >= 0.3 is 0 Å². The average Bonchev–Trinajstić information content (AvgIpc) is 1.86. The maximum Gasteiger partial charge on any atom is 0.208 e. The van der Waals surface area contributed by atoms with Gasteiger partial charge in [-0.05, 0) is 6.08 Å². The molecule has 1 nitrogen and oxygen atoms in total. The highest BCUT2D eigenvalue weighted by Gasteiger charge is 1.90. The fourth-order valence-corrected chi connectivity index (χ4v) is 0.343. The molecule has 0 aromatic rings. The van der Waals surface area contributed by atoms with E-state index in [0.717, 1.165) is 0 Å². The third-order valence-electron chi connectivity index (χ3n) is 0.606. The van der Waals surface area contributed by atoms with Crippen LogP contribution in [0.4, 0.5) is 4.39 Å². The zero-order valence-electron chi connectivity index (χ0n) is 3.19. The van der Waals surface area contributed by atoms with Crippen molar-refractivity contribution in [3.8, 4) is 0 Å². The van der Waals surface area contributed by atoms with Crippen molar-refractivity contribution in [3.63, 3.8) is 0 Å². The van der Waals surface area contributed by atoms with Crippen molar-refractivity contribution in [2.24, 2.45) is 4.99 Å². The zero-order valence-corrected chi connectivity index (χ0v) is 3.19. The van der Waals surface area contributed by atoms with E-state index in [-0.39, 0.29) is 5.95 Å². The van der Waals surface area contributed by atoms with E-state index < -0.39 is 0 Å². The van der Waals surface area contributed by atoms with E-state index in [1.165, 1.54) is 12.3 Å². The summed E-state index contributed by atoms with van der Waals surface area (Å²) in [6, 6.07) is 0. The Morgan fingerprint density at radius 1 is 1.83 bits per heavy atom. The normalized spacial score (nSPS) is 18.5. The third-order valence-corrected chi connectivity index (χ3v) is 0.606. The molecule has 0 fully saturated rings. The van der Waals surface area contributed by atoms with Gasteiger partial charge in [-0.1, -0.05) is 0 Å². The second-order valence-electron chi connectivity index (χ2n) is 1.07. The molecule has 0 unspecified atom stereocenters. The fraction of sp³-hybridized carbons (Fsp3) is 0.250. The van der Waals surface area contributed by atoms with Crippen LogP contribution in [-0.4, -0.2) is 6.21 Å². The first kappa shape index (κ1) is 3.53. The molecule has 1 aliphatic rings. The molecule has 6 heavy (non-hydrogen) atoms. The molecule has 0 saturated heterocycles. The van der Waals surface area contributed by atoms with Crippen LogP contribution in [0.3, 0.4) is 0 Å². The lowest BCUT2D eigenvalue weighted by atomic mass is 10.5. The van der Waals surface area contributed by atoms with Crippen LogP contribution < -0.4 is 0 Å². The lowest BCUT2D eigenvalue weighted by molar-refractivity contribution is 0.632. The number of aliphatic imine (C=N–C) groups is 1. The molecular formula is C4H4FN. The predicted octanol–water partition coefficient (Wildman–Crippen LogP) is 1.27. The van der Waals surface area contributed by atoms with Crippen molar-refractivity contribution in [2.45, 2.75) is 6.42 Å². The number of allylic oxidation sites excluding steroid dienone is 1. The van der Waals surface area contributed by atoms with Gasteiger partial charge in [-0.3, -0.25) is 0 Å². The number of halogens is 1. The number of nitrogens with zero attached hydrogens (tertiary/aromatic N) is 1. The molecule has 0 radical (unpaired) electrons. The molecule has 1 heterocycles. The van der Waals surface area contributed by atoms with E-state index in [9.17, 15) is 4.39 Å². The number of rotatable bonds is 0. The van der Waals surface area contributed by atoms with E-state index in [2.05, 4.69) is 4.99 Å². The van der Waals surface area contributed by atoms with E-state index in [1.54, 1.807) is 0 Å². The number of hydrogen-bond acceptors (Lipinski definition) is 1. The molecule has 0 amide bonds. The molecule has 0 bridgehead atoms. The van der Waals surface area contributed by atoms with Crippen LogP contribution in [0.15, 0.2) is 17.0 Å². The van der Waals surface area contributed by atoms with Crippen LogP contribution in [-0.2, 0) is 0 Å². The van der Waals surface area contributed by atoms with E-state index in [0.29, 0.717) is 6.42 Å². The minimum atomic E-state index is -0.352. The van der Waals surface area contributed by atoms with Crippen LogP contribution in [0, 0.1) is 0 Å². The fourth-order valence-electron chi connectivity index (χ4n) is 0.343. The van der Waals surface area contributed by atoms with Crippen molar-refractivity contribution >= 4 is 6.21 Å². The smallest absolute Gasteiger partial charge is 0.208 e. The highest BCUT2D eigenvalue weighted by atomic mass is 19.1. The zero-order chi connectivity index (χ0) is 4.41. The van der Waals surface area contributed by atoms with Gasteiger partial charge in [0.2, 0.25) is 5.95 Å². The Morgan fingerprint density at radius 3 is 2.83 bits per heavy atom. The Hall–Kier alpha value is -0.660. The van der Waals surface area contributed by atoms with Gasteiger partial charge in [0, 0.05) is 12.6 Å². The van der Waals surface area contributed by atoms with E-state index in [1.807, 2.05) is 0 Å². The highest BCUT2D eigenvalue weighted by Crippen LogP contribution is 2.03. The standard InChI is InChI=1S/C4H4FN/c5-4-2-1-3-6-4/h2-3H,1H2. The Bertz CT molecular complexity index is 101. The molecule has 2 heteroatoms. The molecule has 1 rings (SSSR count). The van der Waals surface area contributed by atoms with Gasteiger partial charge < -0.3 is 0 Å². The van der Waals surface area contributed by atoms with E-state index in [4.69, 9.17) is 0 Å². The van der Waals surface area contributed by atoms with Gasteiger partial charge in [0.15, 0.2) is 0 Å². The molecule has 0 atom stereocenters. The summed E-state index contributed by atoms with van der Waals surface area (Å²) in [4.78, 5) is 3.31. The summed E-state index contributed by atoms with van der Waals surface area (Å²) < 4.78 is 11.6. The second kappa shape index (κ2) is 1.20. The first-order chi connectivity index (χ1) is 2.89. The first-order valence-corrected chi connectivity index (χ1v) is 1.78. The Kier molecular flexibility index (Phi) is 0.708. The lowest BCUT2D eigenvalue weighted by Gasteiger charge is -1.66. The summed E-state index contributed by atoms with van der Waals surface area (Å²) in [5, 5.41) is 0. The Morgan fingerprint density at radius 2 is 2.67 bits per heavy atom. The number of hydrogen-bond donors (Lipinski definition) is 0. The molecule has 0 spiro atoms. The maximum atomic E-state index is 11.6. The summed E-state index contributed by atoms with van der Waals surface area (Å²) in [7, 11) is 0. The van der Waals surface area contributed by atoms with Crippen molar-refractivity contribution in [1.82, 2.24) is 0 Å². The minimum Gasteiger partial charge on any atom is -0.233 e.